The predicted molar refractivity (Wildman–Crippen MR) is 122 cm³/mol. The number of fused-ring (bicyclic) bond motifs is 5. The van der Waals surface area contributed by atoms with E-state index in [4.69, 9.17) is 4.74 Å². The number of anilines is 1. The number of piperidine rings is 2. The highest BCUT2D eigenvalue weighted by molar-refractivity contribution is 6.11. The summed E-state index contributed by atoms with van der Waals surface area (Å²) in [6.45, 7) is 8.56. The van der Waals surface area contributed by atoms with Crippen molar-refractivity contribution in [2.24, 2.45) is 11.3 Å². The number of Topliss-reactive ketones (excluding diaryl/α,β-unsaturated/α-hetero) is 1. The molecule has 1 saturated carbocycles. The lowest BCUT2D eigenvalue weighted by Gasteiger charge is -2.68. The third kappa shape index (κ3) is 1.95. The molecule has 33 heavy (non-hydrogen) atoms. The van der Waals surface area contributed by atoms with Crippen molar-refractivity contribution in [3.05, 3.63) is 29.3 Å². The average molecular weight is 448 g/mol. The number of rotatable bonds is 0. The molecule has 1 aromatic carbocycles. The SMILES string of the molecule is CC1(C)C=Cc2c(ccc3c2N[C@]32C[C@@]34NC(=O)[C@]5(CCCN5C3=O)C[C@H]4C(C)(C)C2=O)O1. The fourth-order valence-electron chi connectivity index (χ4n) is 7.88. The van der Waals surface area contributed by atoms with Crippen molar-refractivity contribution < 1.29 is 19.1 Å². The van der Waals surface area contributed by atoms with Gasteiger partial charge >= 0.3 is 0 Å². The van der Waals surface area contributed by atoms with Crippen molar-refractivity contribution in [1.82, 2.24) is 10.2 Å². The summed E-state index contributed by atoms with van der Waals surface area (Å²) in [6.07, 6.45) is 6.40. The molecular formula is C26H29N3O4. The van der Waals surface area contributed by atoms with E-state index < -0.39 is 22.0 Å². The molecule has 0 unspecified atom stereocenters. The van der Waals surface area contributed by atoms with Crippen LogP contribution in [-0.4, -0.2) is 45.7 Å². The van der Waals surface area contributed by atoms with Gasteiger partial charge in [0, 0.05) is 35.4 Å². The summed E-state index contributed by atoms with van der Waals surface area (Å²) in [5.41, 5.74) is -1.27. The number of piperazine rings is 1. The zero-order valence-electron chi connectivity index (χ0n) is 19.5. The Morgan fingerprint density at radius 3 is 2.67 bits per heavy atom. The molecule has 7 heteroatoms. The van der Waals surface area contributed by atoms with Gasteiger partial charge in [0.15, 0.2) is 5.78 Å². The number of ketones is 1. The number of hydrogen-bond donors (Lipinski definition) is 2. The number of carbonyl (C=O) groups excluding carboxylic acids is 3. The third-order valence-corrected chi connectivity index (χ3v) is 9.43. The highest BCUT2D eigenvalue weighted by Gasteiger charge is 2.77. The molecule has 4 atom stereocenters. The Hall–Kier alpha value is -2.83. The first-order valence-electron chi connectivity index (χ1n) is 12.0. The van der Waals surface area contributed by atoms with E-state index in [9.17, 15) is 14.4 Å². The highest BCUT2D eigenvalue weighted by atomic mass is 16.5. The number of hydrogen-bond acceptors (Lipinski definition) is 5. The van der Waals surface area contributed by atoms with Gasteiger partial charge in [0.1, 0.15) is 28.0 Å². The first kappa shape index (κ1) is 19.6. The second kappa shape index (κ2) is 5.29. The van der Waals surface area contributed by atoms with Gasteiger partial charge < -0.3 is 20.3 Å². The molecule has 7 nitrogen and oxygen atoms in total. The molecule has 5 fully saturated rings. The van der Waals surface area contributed by atoms with Crippen molar-refractivity contribution >= 4 is 29.4 Å². The minimum atomic E-state index is -1.06. The Morgan fingerprint density at radius 1 is 1.09 bits per heavy atom. The molecule has 6 heterocycles. The van der Waals surface area contributed by atoms with Gasteiger partial charge in [-0.1, -0.05) is 19.9 Å². The van der Waals surface area contributed by atoms with E-state index in [0.29, 0.717) is 19.4 Å². The van der Waals surface area contributed by atoms with Crippen LogP contribution in [0, 0.1) is 11.3 Å². The zero-order valence-corrected chi connectivity index (χ0v) is 19.5. The van der Waals surface area contributed by atoms with E-state index in [1.807, 2.05) is 56.9 Å². The summed E-state index contributed by atoms with van der Waals surface area (Å²) in [4.78, 5) is 43.2. The number of nitrogens with zero attached hydrogens (tertiary/aromatic N) is 1. The Bertz CT molecular complexity index is 1230. The third-order valence-electron chi connectivity index (χ3n) is 9.43. The largest absolute Gasteiger partial charge is 0.483 e. The minimum Gasteiger partial charge on any atom is -0.483 e. The second-order valence-corrected chi connectivity index (χ2v) is 12.0. The minimum absolute atomic E-state index is 0.00557. The highest BCUT2D eigenvalue weighted by Crippen LogP contribution is 2.65. The fourth-order valence-corrected chi connectivity index (χ4v) is 7.88. The summed E-state index contributed by atoms with van der Waals surface area (Å²) in [5, 5.41) is 6.69. The Balaban J connectivity index is 1.38. The fraction of sp³-hybridized carbons (Fsp3) is 0.577. The lowest BCUT2D eigenvalue weighted by molar-refractivity contribution is -0.191. The average Bonchev–Trinajstić information content (AvgIpc) is 3.17. The lowest BCUT2D eigenvalue weighted by atomic mass is 9.45. The van der Waals surface area contributed by atoms with Gasteiger partial charge in [-0.3, -0.25) is 14.4 Å². The van der Waals surface area contributed by atoms with Gasteiger partial charge in [0.2, 0.25) is 11.8 Å². The molecule has 3 spiro atoms. The molecule has 2 amide bonds. The van der Waals surface area contributed by atoms with Crippen LogP contribution in [0.3, 0.4) is 0 Å². The summed E-state index contributed by atoms with van der Waals surface area (Å²) in [6, 6.07) is 3.89. The molecule has 8 rings (SSSR count). The maximum atomic E-state index is 14.1. The summed E-state index contributed by atoms with van der Waals surface area (Å²) in [5.74, 6) is 0.627. The summed E-state index contributed by atoms with van der Waals surface area (Å²) >= 11 is 0. The van der Waals surface area contributed by atoms with Gasteiger partial charge in [0.25, 0.3) is 0 Å². The first-order chi connectivity index (χ1) is 15.5. The Kier molecular flexibility index (Phi) is 3.14. The molecule has 0 radical (unpaired) electrons. The van der Waals surface area contributed by atoms with Crippen molar-refractivity contribution in [3.8, 4) is 5.75 Å². The number of ether oxygens (including phenoxy) is 1. The van der Waals surface area contributed by atoms with Crippen LogP contribution in [0.5, 0.6) is 5.75 Å². The first-order valence-corrected chi connectivity index (χ1v) is 12.0. The van der Waals surface area contributed by atoms with E-state index in [-0.39, 0.29) is 35.5 Å². The molecule has 2 bridgehead atoms. The van der Waals surface area contributed by atoms with Crippen molar-refractivity contribution in [2.75, 3.05) is 11.9 Å². The van der Waals surface area contributed by atoms with Crippen molar-refractivity contribution in [2.45, 2.75) is 75.6 Å². The van der Waals surface area contributed by atoms with Crippen LogP contribution in [0.25, 0.3) is 6.08 Å². The smallest absolute Gasteiger partial charge is 0.249 e. The molecule has 0 aromatic heterocycles. The zero-order chi connectivity index (χ0) is 23.2. The predicted octanol–water partition coefficient (Wildman–Crippen LogP) is 2.74. The lowest BCUT2D eigenvalue weighted by Crippen LogP contribution is -2.87. The van der Waals surface area contributed by atoms with E-state index in [2.05, 4.69) is 10.6 Å². The molecule has 6 aliphatic heterocycles. The van der Waals surface area contributed by atoms with Crippen LogP contribution in [-0.2, 0) is 19.9 Å². The molecule has 172 valence electrons. The van der Waals surface area contributed by atoms with E-state index in [1.54, 1.807) is 0 Å². The second-order valence-electron chi connectivity index (χ2n) is 12.0. The number of nitrogens with one attached hydrogen (secondary N) is 2. The molecular weight excluding hydrogens is 418 g/mol. The Labute approximate surface area is 192 Å². The normalized spacial score (nSPS) is 40.2. The molecule has 2 N–H and O–H groups in total. The van der Waals surface area contributed by atoms with Crippen LogP contribution >= 0.6 is 0 Å². The molecule has 4 saturated heterocycles. The van der Waals surface area contributed by atoms with Crippen LogP contribution < -0.4 is 15.4 Å². The number of benzene rings is 1. The standard InChI is InChI=1S/C26H29N3O4/c1-22(2)10-8-14-16(33-22)7-6-15-18(14)27-25(15)13-26-17(23(3,4)19(25)30)12-24(20(31)28-26)9-5-11-29(24)21(26)32/h6-8,10,17,27H,5,9,11-13H2,1-4H3,(H,28,31)/t17-,24-,25+,26-/m0/s1. The van der Waals surface area contributed by atoms with E-state index in [1.165, 1.54) is 0 Å². The summed E-state index contributed by atoms with van der Waals surface area (Å²) < 4.78 is 6.11. The Morgan fingerprint density at radius 2 is 1.88 bits per heavy atom. The van der Waals surface area contributed by atoms with Gasteiger partial charge in [0.05, 0.1) is 5.69 Å². The van der Waals surface area contributed by atoms with Gasteiger partial charge in [-0.2, -0.15) is 0 Å². The van der Waals surface area contributed by atoms with Gasteiger partial charge in [-0.25, -0.2) is 0 Å². The monoisotopic (exact) mass is 447 g/mol. The van der Waals surface area contributed by atoms with Crippen LogP contribution in [0.4, 0.5) is 5.69 Å². The van der Waals surface area contributed by atoms with E-state index >= 15 is 0 Å². The van der Waals surface area contributed by atoms with Crippen molar-refractivity contribution in [1.29, 1.82) is 0 Å². The van der Waals surface area contributed by atoms with Gasteiger partial charge in [-0.05, 0) is 51.3 Å². The van der Waals surface area contributed by atoms with Crippen LogP contribution in [0.2, 0.25) is 0 Å². The number of amides is 2. The molecule has 7 aliphatic rings. The maximum absolute atomic E-state index is 14.1. The van der Waals surface area contributed by atoms with Gasteiger partial charge in [-0.15, -0.1) is 0 Å². The van der Waals surface area contributed by atoms with Crippen molar-refractivity contribution in [3.63, 3.8) is 0 Å². The number of carbonyl (C=O) groups is 3. The molecule has 1 aromatic rings. The van der Waals surface area contributed by atoms with Crippen LogP contribution in [0.15, 0.2) is 18.2 Å². The van der Waals surface area contributed by atoms with E-state index in [0.717, 1.165) is 29.0 Å². The topological polar surface area (TPSA) is 87.7 Å². The van der Waals surface area contributed by atoms with Crippen LogP contribution in [0.1, 0.15) is 64.5 Å². The maximum Gasteiger partial charge on any atom is 0.249 e. The molecule has 1 aliphatic carbocycles. The summed E-state index contributed by atoms with van der Waals surface area (Å²) in [7, 11) is 0. The quantitative estimate of drug-likeness (QED) is 0.639.